The fourth-order valence-electron chi connectivity index (χ4n) is 1.38. The van der Waals surface area contributed by atoms with Crippen molar-refractivity contribution in [2.75, 3.05) is 7.11 Å². The summed E-state index contributed by atoms with van der Waals surface area (Å²) < 4.78 is 5.03. The second-order valence-electron chi connectivity index (χ2n) is 2.87. The van der Waals surface area contributed by atoms with Gasteiger partial charge in [0.2, 0.25) is 0 Å². The number of rotatable bonds is 1. The number of esters is 1. The van der Waals surface area contributed by atoms with Crippen LogP contribution in [0.1, 0.15) is 12.0 Å². The predicted octanol–water partition coefficient (Wildman–Crippen LogP) is 1.35. The highest BCUT2D eigenvalue weighted by Crippen LogP contribution is 2.24. The van der Waals surface area contributed by atoms with Crippen LogP contribution in [-0.2, 0) is 9.63 Å². The second kappa shape index (κ2) is 3.49. The fourth-order valence-corrected chi connectivity index (χ4v) is 1.38. The highest BCUT2D eigenvalue weighted by molar-refractivity contribution is 6.13. The molecule has 0 saturated carbocycles. The van der Waals surface area contributed by atoms with E-state index >= 15 is 0 Å². The Kier molecular flexibility index (Phi) is 2.18. The van der Waals surface area contributed by atoms with Gasteiger partial charge in [0.1, 0.15) is 18.6 Å². The topological polar surface area (TPSA) is 47.9 Å². The smallest absolute Gasteiger partial charge is 0.317 e. The van der Waals surface area contributed by atoms with Crippen LogP contribution >= 0.6 is 0 Å². The average molecular weight is 191 g/mol. The molecule has 0 aromatic heterocycles. The third kappa shape index (κ3) is 1.46. The van der Waals surface area contributed by atoms with E-state index in [1.54, 1.807) is 6.07 Å². The molecule has 1 aromatic carbocycles. The molecule has 0 bridgehead atoms. The molecule has 4 nitrogen and oxygen atoms in total. The Balaban J connectivity index is 2.48. The van der Waals surface area contributed by atoms with Gasteiger partial charge in [-0.15, -0.1) is 0 Å². The van der Waals surface area contributed by atoms with Gasteiger partial charge in [0.05, 0.1) is 6.42 Å². The van der Waals surface area contributed by atoms with E-state index in [-0.39, 0.29) is 12.4 Å². The maximum Gasteiger partial charge on any atom is 0.317 e. The predicted molar refractivity (Wildman–Crippen MR) is 50.2 cm³/mol. The van der Waals surface area contributed by atoms with Gasteiger partial charge >= 0.3 is 5.97 Å². The molecule has 0 fully saturated rings. The molecule has 0 N–H and O–H groups in total. The molecular weight excluding hydrogens is 182 g/mol. The van der Waals surface area contributed by atoms with E-state index < -0.39 is 0 Å². The van der Waals surface area contributed by atoms with E-state index in [1.807, 2.05) is 18.2 Å². The number of nitrogens with zero attached hydrogens (tertiary/aromatic N) is 1. The van der Waals surface area contributed by atoms with Crippen molar-refractivity contribution in [2.45, 2.75) is 6.42 Å². The molecule has 0 unspecified atom stereocenters. The lowest BCUT2D eigenvalue weighted by atomic mass is 10.0. The van der Waals surface area contributed by atoms with Crippen LogP contribution in [0.15, 0.2) is 29.4 Å². The molecule has 0 saturated heterocycles. The Morgan fingerprint density at radius 2 is 2.21 bits per heavy atom. The molecule has 0 spiro atoms. The van der Waals surface area contributed by atoms with Crippen molar-refractivity contribution in [1.82, 2.24) is 0 Å². The van der Waals surface area contributed by atoms with Crippen LogP contribution in [0.5, 0.6) is 5.75 Å². The van der Waals surface area contributed by atoms with Crippen LogP contribution in [0.25, 0.3) is 0 Å². The van der Waals surface area contributed by atoms with Crippen molar-refractivity contribution in [3.63, 3.8) is 0 Å². The van der Waals surface area contributed by atoms with Gasteiger partial charge < -0.3 is 9.57 Å². The molecule has 1 aliphatic rings. The summed E-state index contributed by atoms with van der Waals surface area (Å²) in [7, 11) is 1.45. The quantitative estimate of drug-likeness (QED) is 0.382. The van der Waals surface area contributed by atoms with E-state index in [1.165, 1.54) is 7.11 Å². The molecule has 14 heavy (non-hydrogen) atoms. The van der Waals surface area contributed by atoms with Crippen molar-refractivity contribution < 1.29 is 14.4 Å². The molecule has 0 atom stereocenters. The first-order chi connectivity index (χ1) is 6.81. The molecule has 1 aliphatic heterocycles. The van der Waals surface area contributed by atoms with Crippen LogP contribution in [0.4, 0.5) is 0 Å². The van der Waals surface area contributed by atoms with Gasteiger partial charge in [-0.3, -0.25) is 4.79 Å². The second-order valence-corrected chi connectivity index (χ2v) is 2.87. The monoisotopic (exact) mass is 191 g/mol. The molecule has 2 rings (SSSR count). The van der Waals surface area contributed by atoms with Crippen molar-refractivity contribution >= 4 is 11.7 Å². The number of hydrogen-bond acceptors (Lipinski definition) is 4. The Labute approximate surface area is 81.1 Å². The summed E-state index contributed by atoms with van der Waals surface area (Å²) in [6.45, 7) is 0. The van der Waals surface area contributed by atoms with Gasteiger partial charge in [0, 0.05) is 5.56 Å². The first-order valence-corrected chi connectivity index (χ1v) is 4.21. The average Bonchev–Trinajstić information content (AvgIpc) is 2.18. The Morgan fingerprint density at radius 1 is 1.43 bits per heavy atom. The zero-order chi connectivity index (χ0) is 9.97. The standard InChI is InChI=1S/C10H9NO3/c1-13-11-8-6-10(12)14-9-5-3-2-4-7(8)9/h2-5H,6H2,1H3/b11-8+. The first kappa shape index (κ1) is 8.74. The van der Waals surface area contributed by atoms with Gasteiger partial charge in [0.25, 0.3) is 0 Å². The molecule has 4 heteroatoms. The molecule has 72 valence electrons. The third-order valence-electron chi connectivity index (χ3n) is 1.94. The summed E-state index contributed by atoms with van der Waals surface area (Å²) in [5.41, 5.74) is 1.42. The molecule has 0 radical (unpaired) electrons. The Hall–Kier alpha value is -1.84. The number of carbonyl (C=O) groups is 1. The Bertz CT molecular complexity index is 398. The molecule has 0 amide bonds. The number of benzene rings is 1. The normalized spacial score (nSPS) is 17.5. The summed E-state index contributed by atoms with van der Waals surface area (Å²) in [6, 6.07) is 7.25. The van der Waals surface area contributed by atoms with Gasteiger partial charge in [-0.2, -0.15) is 0 Å². The number of carbonyl (C=O) groups excluding carboxylic acids is 1. The summed E-state index contributed by atoms with van der Waals surface area (Å²) in [4.78, 5) is 15.8. The lowest BCUT2D eigenvalue weighted by molar-refractivity contribution is -0.133. The van der Waals surface area contributed by atoms with E-state index in [0.29, 0.717) is 11.5 Å². The van der Waals surface area contributed by atoms with Crippen LogP contribution in [0.3, 0.4) is 0 Å². The summed E-state index contributed by atoms with van der Waals surface area (Å²) in [5.74, 6) is 0.235. The number of hydrogen-bond donors (Lipinski definition) is 0. The molecule has 0 aliphatic carbocycles. The van der Waals surface area contributed by atoms with Crippen LogP contribution in [-0.4, -0.2) is 18.8 Å². The van der Waals surface area contributed by atoms with E-state index in [4.69, 9.17) is 4.74 Å². The minimum atomic E-state index is -0.306. The SMILES string of the molecule is CO/N=C1\CC(=O)Oc2ccccc21. The number of para-hydroxylation sites is 1. The minimum absolute atomic E-state index is 0.158. The number of ether oxygens (including phenoxy) is 1. The fraction of sp³-hybridized carbons (Fsp3) is 0.200. The van der Waals surface area contributed by atoms with Gasteiger partial charge in [-0.1, -0.05) is 17.3 Å². The van der Waals surface area contributed by atoms with Crippen molar-refractivity contribution in [3.05, 3.63) is 29.8 Å². The Morgan fingerprint density at radius 3 is 3.00 bits per heavy atom. The molecular formula is C10H9NO3. The van der Waals surface area contributed by atoms with Gasteiger partial charge in [-0.05, 0) is 12.1 Å². The third-order valence-corrected chi connectivity index (χ3v) is 1.94. The van der Waals surface area contributed by atoms with E-state index in [0.717, 1.165) is 5.56 Å². The van der Waals surface area contributed by atoms with Gasteiger partial charge in [0.15, 0.2) is 0 Å². The largest absolute Gasteiger partial charge is 0.426 e. The molecule has 1 aromatic rings. The van der Waals surface area contributed by atoms with Crippen molar-refractivity contribution in [2.24, 2.45) is 5.16 Å². The van der Waals surface area contributed by atoms with Crippen molar-refractivity contribution in [1.29, 1.82) is 0 Å². The minimum Gasteiger partial charge on any atom is -0.426 e. The van der Waals surface area contributed by atoms with Crippen molar-refractivity contribution in [3.8, 4) is 5.75 Å². The highest BCUT2D eigenvalue weighted by Gasteiger charge is 2.22. The number of fused-ring (bicyclic) bond motifs is 1. The van der Waals surface area contributed by atoms with Crippen LogP contribution in [0, 0.1) is 0 Å². The van der Waals surface area contributed by atoms with Crippen LogP contribution in [0.2, 0.25) is 0 Å². The number of oxime groups is 1. The van der Waals surface area contributed by atoms with Gasteiger partial charge in [-0.25, -0.2) is 0 Å². The zero-order valence-electron chi connectivity index (χ0n) is 7.69. The lowest BCUT2D eigenvalue weighted by Crippen LogP contribution is -2.22. The summed E-state index contributed by atoms with van der Waals surface area (Å²) in [5, 5.41) is 3.79. The highest BCUT2D eigenvalue weighted by atomic mass is 16.6. The zero-order valence-corrected chi connectivity index (χ0v) is 7.69. The van der Waals surface area contributed by atoms with E-state index in [2.05, 4.69) is 9.99 Å². The van der Waals surface area contributed by atoms with E-state index in [9.17, 15) is 4.79 Å². The molecule has 1 heterocycles. The lowest BCUT2D eigenvalue weighted by Gasteiger charge is -2.15. The summed E-state index contributed by atoms with van der Waals surface area (Å²) >= 11 is 0. The summed E-state index contributed by atoms with van der Waals surface area (Å²) in [6.07, 6.45) is 0.158. The maximum atomic E-state index is 11.2. The first-order valence-electron chi connectivity index (χ1n) is 4.21. The maximum absolute atomic E-state index is 11.2. The van der Waals surface area contributed by atoms with Crippen LogP contribution < -0.4 is 4.74 Å².